The Morgan fingerprint density at radius 2 is 1.68 bits per heavy atom. The van der Waals surface area contributed by atoms with Crippen LogP contribution in [0.1, 0.15) is 48.5 Å². The maximum atomic E-state index is 12.8. The van der Waals surface area contributed by atoms with Crippen molar-refractivity contribution in [2.75, 3.05) is 6.61 Å². The molecule has 0 bridgehead atoms. The van der Waals surface area contributed by atoms with Crippen LogP contribution in [0.3, 0.4) is 0 Å². The number of aliphatic hydroxyl groups excluding tert-OH is 1. The Labute approximate surface area is 231 Å². The van der Waals surface area contributed by atoms with Crippen molar-refractivity contribution in [1.82, 2.24) is 19.9 Å². The molecule has 1 saturated carbocycles. The first kappa shape index (κ1) is 25.7. The van der Waals surface area contributed by atoms with Crippen LogP contribution in [0.2, 0.25) is 0 Å². The zero-order valence-electron chi connectivity index (χ0n) is 22.0. The largest absolute Gasteiger partial charge is 0.480 e. The van der Waals surface area contributed by atoms with Crippen molar-refractivity contribution in [2.45, 2.75) is 44.2 Å². The van der Waals surface area contributed by atoms with Crippen LogP contribution in [0.25, 0.3) is 44.6 Å². The number of amides is 1. The molecule has 6 rings (SSSR count). The van der Waals surface area contributed by atoms with Crippen LogP contribution >= 0.6 is 0 Å². The number of aromatic nitrogens is 3. The fourth-order valence-corrected chi connectivity index (χ4v) is 5.61. The van der Waals surface area contributed by atoms with Gasteiger partial charge in [-0.05, 0) is 55.3 Å². The number of carboxylic acids is 1. The minimum Gasteiger partial charge on any atom is -0.480 e. The number of pyridine rings is 1. The summed E-state index contributed by atoms with van der Waals surface area (Å²) in [4.78, 5) is 33.9. The number of hydrogen-bond acceptors (Lipinski definition) is 5. The quantitative estimate of drug-likeness (QED) is 0.250. The molecule has 2 aromatic heterocycles. The van der Waals surface area contributed by atoms with Crippen molar-refractivity contribution in [2.24, 2.45) is 0 Å². The molecule has 0 spiro atoms. The van der Waals surface area contributed by atoms with E-state index < -0.39 is 24.5 Å². The lowest BCUT2D eigenvalue weighted by molar-refractivity contribution is -0.140. The second kappa shape index (κ2) is 10.9. The number of carboxylic acid groups (broad SMARTS) is 1. The molecule has 40 heavy (non-hydrogen) atoms. The predicted molar refractivity (Wildman–Crippen MR) is 154 cm³/mol. The van der Waals surface area contributed by atoms with Crippen LogP contribution < -0.4 is 5.32 Å². The summed E-state index contributed by atoms with van der Waals surface area (Å²) in [6, 6.07) is 24.6. The minimum absolute atomic E-state index is 0.295. The molecule has 3 aromatic carbocycles. The number of aliphatic hydroxyl groups is 1. The molecule has 202 valence electrons. The Morgan fingerprint density at radius 1 is 0.875 bits per heavy atom. The molecule has 1 aliphatic rings. The molecule has 8 heteroatoms. The summed E-state index contributed by atoms with van der Waals surface area (Å²) >= 11 is 0. The van der Waals surface area contributed by atoms with Gasteiger partial charge in [-0.1, -0.05) is 55.7 Å². The number of aliphatic carboxylic acids is 1. The first-order chi connectivity index (χ1) is 19.5. The van der Waals surface area contributed by atoms with Crippen molar-refractivity contribution in [3.63, 3.8) is 0 Å². The zero-order chi connectivity index (χ0) is 27.6. The number of carbonyl (C=O) groups is 2. The van der Waals surface area contributed by atoms with E-state index in [1.54, 1.807) is 12.1 Å². The Hall–Kier alpha value is -4.56. The summed E-state index contributed by atoms with van der Waals surface area (Å²) in [5, 5.41) is 21.9. The number of carbonyl (C=O) groups excluding carboxylic acids is 1. The van der Waals surface area contributed by atoms with Crippen LogP contribution in [0.4, 0.5) is 0 Å². The summed E-state index contributed by atoms with van der Waals surface area (Å²) < 4.78 is 2.30. The van der Waals surface area contributed by atoms with E-state index in [1.807, 2.05) is 36.4 Å². The summed E-state index contributed by atoms with van der Waals surface area (Å²) in [7, 11) is 0. The number of fused-ring (bicyclic) bond motifs is 2. The smallest absolute Gasteiger partial charge is 0.328 e. The highest BCUT2D eigenvalue weighted by atomic mass is 16.4. The van der Waals surface area contributed by atoms with Crippen molar-refractivity contribution >= 4 is 33.8 Å². The third-order valence-electron chi connectivity index (χ3n) is 7.69. The molecule has 0 radical (unpaired) electrons. The predicted octanol–water partition coefficient (Wildman–Crippen LogP) is 5.60. The monoisotopic (exact) mass is 534 g/mol. The van der Waals surface area contributed by atoms with Crippen LogP contribution in [0.15, 0.2) is 78.9 Å². The Balaban J connectivity index is 1.41. The van der Waals surface area contributed by atoms with Crippen LogP contribution in [-0.4, -0.2) is 49.3 Å². The van der Waals surface area contributed by atoms with Crippen LogP contribution in [0.5, 0.6) is 0 Å². The molecule has 2 heterocycles. The maximum Gasteiger partial charge on any atom is 0.328 e. The van der Waals surface area contributed by atoms with Crippen LogP contribution in [0, 0.1) is 0 Å². The molecule has 0 aliphatic heterocycles. The molecule has 8 nitrogen and oxygen atoms in total. The number of rotatable bonds is 7. The SMILES string of the molecule is O=C(N[C@@H](CO)C(=O)O)c1ccc2c(c1)nc(-c1ccc3nc(-c4ccccc4)ccc3c1)n2C1CCCCC1. The zero-order valence-corrected chi connectivity index (χ0v) is 22.0. The average molecular weight is 535 g/mol. The van der Waals surface area contributed by atoms with Gasteiger partial charge in [-0.2, -0.15) is 0 Å². The van der Waals surface area contributed by atoms with E-state index in [1.165, 1.54) is 6.42 Å². The summed E-state index contributed by atoms with van der Waals surface area (Å²) in [6.07, 6.45) is 5.67. The van der Waals surface area contributed by atoms with E-state index in [0.717, 1.165) is 64.7 Å². The minimum atomic E-state index is -1.37. The number of imidazole rings is 1. The first-order valence-electron chi connectivity index (χ1n) is 13.6. The number of benzene rings is 3. The van der Waals surface area contributed by atoms with E-state index in [0.29, 0.717) is 17.1 Å². The van der Waals surface area contributed by atoms with Crippen molar-refractivity contribution in [3.8, 4) is 22.6 Å². The first-order valence-corrected chi connectivity index (χ1v) is 13.6. The third kappa shape index (κ3) is 4.94. The highest BCUT2D eigenvalue weighted by molar-refractivity contribution is 5.99. The van der Waals surface area contributed by atoms with E-state index >= 15 is 0 Å². The normalized spacial score (nSPS) is 14.8. The van der Waals surface area contributed by atoms with Crippen molar-refractivity contribution in [1.29, 1.82) is 0 Å². The average Bonchev–Trinajstić information content (AvgIpc) is 3.39. The molecule has 5 aromatic rings. The molecular weight excluding hydrogens is 504 g/mol. The number of hydrogen-bond donors (Lipinski definition) is 3. The summed E-state index contributed by atoms with van der Waals surface area (Å²) in [6.45, 7) is -0.687. The van der Waals surface area contributed by atoms with Gasteiger partial charge in [0, 0.05) is 28.1 Å². The lowest BCUT2D eigenvalue weighted by Gasteiger charge is -2.25. The summed E-state index contributed by atoms with van der Waals surface area (Å²) in [5.41, 5.74) is 5.77. The van der Waals surface area contributed by atoms with Gasteiger partial charge in [0.15, 0.2) is 6.04 Å². The van der Waals surface area contributed by atoms with Gasteiger partial charge in [0.1, 0.15) is 5.82 Å². The summed E-state index contributed by atoms with van der Waals surface area (Å²) in [5.74, 6) is -1.02. The van der Waals surface area contributed by atoms with E-state index in [2.05, 4.69) is 40.2 Å². The standard InChI is InChI=1S/C32H30N4O4/c37-19-28(32(39)40)35-31(38)23-13-16-29-27(18-23)34-30(36(29)24-9-5-2-6-10-24)22-12-15-26-21(17-22)11-14-25(33-26)20-7-3-1-4-8-20/h1,3-4,7-8,11-18,24,28,37H,2,5-6,9-10,19H2,(H,35,38)(H,39,40)/t28-/m0/s1. The Kier molecular flexibility index (Phi) is 7.00. The Bertz CT molecular complexity index is 1710. The van der Waals surface area contributed by atoms with E-state index in [9.17, 15) is 19.8 Å². The van der Waals surface area contributed by atoms with Crippen LogP contribution in [-0.2, 0) is 4.79 Å². The fraction of sp³-hybridized carbons (Fsp3) is 0.250. The highest BCUT2D eigenvalue weighted by Crippen LogP contribution is 2.37. The van der Waals surface area contributed by atoms with Gasteiger partial charge in [0.25, 0.3) is 5.91 Å². The maximum absolute atomic E-state index is 12.8. The topological polar surface area (TPSA) is 117 Å². The van der Waals surface area contributed by atoms with Crippen molar-refractivity contribution in [3.05, 3.63) is 84.4 Å². The van der Waals surface area contributed by atoms with Gasteiger partial charge in [-0.3, -0.25) is 4.79 Å². The lowest BCUT2D eigenvalue weighted by atomic mass is 9.94. The fourth-order valence-electron chi connectivity index (χ4n) is 5.61. The molecule has 0 saturated heterocycles. The van der Waals surface area contributed by atoms with Gasteiger partial charge < -0.3 is 20.1 Å². The van der Waals surface area contributed by atoms with E-state index in [4.69, 9.17) is 9.97 Å². The molecular formula is C32H30N4O4. The van der Waals surface area contributed by atoms with Gasteiger partial charge in [-0.25, -0.2) is 14.8 Å². The number of nitrogens with zero attached hydrogens (tertiary/aromatic N) is 3. The molecule has 1 fully saturated rings. The molecule has 0 unspecified atom stereocenters. The second-order valence-corrected chi connectivity index (χ2v) is 10.3. The molecule has 1 aliphatic carbocycles. The molecule has 3 N–H and O–H groups in total. The van der Waals surface area contributed by atoms with Gasteiger partial charge in [0.2, 0.25) is 0 Å². The lowest BCUT2D eigenvalue weighted by Crippen LogP contribution is -2.43. The van der Waals surface area contributed by atoms with Gasteiger partial charge in [0.05, 0.1) is 28.9 Å². The highest BCUT2D eigenvalue weighted by Gasteiger charge is 2.24. The third-order valence-corrected chi connectivity index (χ3v) is 7.69. The second-order valence-electron chi connectivity index (χ2n) is 10.3. The van der Waals surface area contributed by atoms with E-state index in [-0.39, 0.29) is 0 Å². The molecule has 1 amide bonds. The van der Waals surface area contributed by atoms with Gasteiger partial charge >= 0.3 is 5.97 Å². The Morgan fingerprint density at radius 3 is 2.42 bits per heavy atom. The molecule has 1 atom stereocenters. The number of nitrogens with one attached hydrogen (secondary N) is 1. The van der Waals surface area contributed by atoms with Crippen molar-refractivity contribution < 1.29 is 19.8 Å². The van der Waals surface area contributed by atoms with Gasteiger partial charge in [-0.15, -0.1) is 0 Å².